The fourth-order valence-corrected chi connectivity index (χ4v) is 1.98. The number of carbonyl (C=O) groups excluding carboxylic acids is 2. The Balaban J connectivity index is 2.51. The molecular weight excluding hydrogens is 196 g/mol. The molecule has 0 spiro atoms. The Morgan fingerprint density at radius 1 is 1.73 bits per heavy atom. The van der Waals surface area contributed by atoms with E-state index in [-0.39, 0.29) is 24.6 Å². The molecule has 0 aromatic rings. The van der Waals surface area contributed by atoms with Gasteiger partial charge in [0.25, 0.3) is 0 Å². The Labute approximate surface area is 89.8 Å². The largest absolute Gasteiger partial charge is 0.380 e. The summed E-state index contributed by atoms with van der Waals surface area (Å²) in [5.74, 6) is -0.0338. The Kier molecular flexibility index (Phi) is 4.55. The fourth-order valence-electron chi connectivity index (χ4n) is 1.98. The second-order valence-electron chi connectivity index (χ2n) is 3.74. The van der Waals surface area contributed by atoms with E-state index in [0.29, 0.717) is 6.41 Å². The third kappa shape index (κ3) is 2.92. The lowest BCUT2D eigenvalue weighted by Gasteiger charge is -2.28. The fraction of sp³-hybridized carbons (Fsp3) is 0.800. The van der Waals surface area contributed by atoms with E-state index in [9.17, 15) is 9.59 Å². The number of methoxy groups -OCH3 is 1. The van der Waals surface area contributed by atoms with Crippen molar-refractivity contribution in [2.45, 2.75) is 31.9 Å². The first-order valence-electron chi connectivity index (χ1n) is 5.20. The minimum absolute atomic E-state index is 0.0338. The molecule has 0 bridgehead atoms. The molecule has 1 aliphatic heterocycles. The van der Waals surface area contributed by atoms with Gasteiger partial charge in [-0.2, -0.15) is 0 Å². The van der Waals surface area contributed by atoms with Gasteiger partial charge >= 0.3 is 0 Å². The SMILES string of the molecule is CO[C@@H](C)C1CCCN1C(=O)CNC=O. The van der Waals surface area contributed by atoms with Crippen LogP contribution in [0, 0.1) is 0 Å². The van der Waals surface area contributed by atoms with Crippen LogP contribution in [0.5, 0.6) is 0 Å². The molecule has 5 heteroatoms. The van der Waals surface area contributed by atoms with E-state index in [2.05, 4.69) is 5.32 Å². The molecule has 1 aliphatic rings. The van der Waals surface area contributed by atoms with Crippen molar-refractivity contribution in [1.82, 2.24) is 10.2 Å². The van der Waals surface area contributed by atoms with Crippen LogP contribution < -0.4 is 5.32 Å². The van der Waals surface area contributed by atoms with E-state index in [1.807, 2.05) is 6.92 Å². The number of carbonyl (C=O) groups is 2. The van der Waals surface area contributed by atoms with Crippen molar-refractivity contribution in [3.8, 4) is 0 Å². The third-order valence-corrected chi connectivity index (χ3v) is 2.87. The van der Waals surface area contributed by atoms with Gasteiger partial charge < -0.3 is 15.0 Å². The molecule has 15 heavy (non-hydrogen) atoms. The summed E-state index contributed by atoms with van der Waals surface area (Å²) in [6.07, 6.45) is 2.57. The second-order valence-corrected chi connectivity index (χ2v) is 3.74. The number of rotatable bonds is 5. The van der Waals surface area contributed by atoms with Crippen LogP contribution in [-0.4, -0.2) is 49.6 Å². The second kappa shape index (κ2) is 5.70. The molecule has 0 aliphatic carbocycles. The summed E-state index contributed by atoms with van der Waals surface area (Å²) < 4.78 is 5.24. The first-order valence-corrected chi connectivity index (χ1v) is 5.20. The Morgan fingerprint density at radius 3 is 3.07 bits per heavy atom. The summed E-state index contributed by atoms with van der Waals surface area (Å²) in [4.78, 5) is 23.6. The lowest BCUT2D eigenvalue weighted by Crippen LogP contribution is -2.45. The van der Waals surface area contributed by atoms with Crippen LogP contribution in [0.3, 0.4) is 0 Å². The summed E-state index contributed by atoms with van der Waals surface area (Å²) in [7, 11) is 1.65. The molecule has 1 N–H and O–H groups in total. The van der Waals surface area contributed by atoms with Gasteiger partial charge in [0.1, 0.15) is 0 Å². The van der Waals surface area contributed by atoms with E-state index >= 15 is 0 Å². The Hall–Kier alpha value is -1.10. The van der Waals surface area contributed by atoms with Gasteiger partial charge in [-0.25, -0.2) is 0 Å². The smallest absolute Gasteiger partial charge is 0.242 e. The van der Waals surface area contributed by atoms with Gasteiger partial charge in [0.2, 0.25) is 12.3 Å². The highest BCUT2D eigenvalue weighted by Gasteiger charge is 2.32. The van der Waals surface area contributed by atoms with Gasteiger partial charge in [-0.15, -0.1) is 0 Å². The zero-order valence-corrected chi connectivity index (χ0v) is 9.23. The van der Waals surface area contributed by atoms with E-state index in [4.69, 9.17) is 4.74 Å². The van der Waals surface area contributed by atoms with Gasteiger partial charge in [0.15, 0.2) is 0 Å². The van der Waals surface area contributed by atoms with Gasteiger partial charge in [-0.05, 0) is 19.8 Å². The molecule has 2 amide bonds. The summed E-state index contributed by atoms with van der Waals surface area (Å²) in [5, 5.41) is 2.39. The van der Waals surface area contributed by atoms with Crippen LogP contribution >= 0.6 is 0 Å². The lowest BCUT2D eigenvalue weighted by atomic mass is 10.1. The molecule has 0 aromatic carbocycles. The lowest BCUT2D eigenvalue weighted by molar-refractivity contribution is -0.134. The van der Waals surface area contributed by atoms with Crippen LogP contribution in [-0.2, 0) is 14.3 Å². The summed E-state index contributed by atoms with van der Waals surface area (Å²) in [6, 6.07) is 0.149. The maximum atomic E-state index is 11.7. The van der Waals surface area contributed by atoms with Crippen LogP contribution in [0.25, 0.3) is 0 Å². The number of hydrogen-bond donors (Lipinski definition) is 1. The van der Waals surface area contributed by atoms with E-state index in [1.165, 1.54) is 0 Å². The molecule has 1 fully saturated rings. The maximum absolute atomic E-state index is 11.7. The van der Waals surface area contributed by atoms with Crippen LogP contribution in [0.4, 0.5) is 0 Å². The molecule has 0 radical (unpaired) electrons. The number of hydrogen-bond acceptors (Lipinski definition) is 3. The van der Waals surface area contributed by atoms with Crippen LogP contribution in [0.1, 0.15) is 19.8 Å². The minimum atomic E-state index is -0.0338. The van der Waals surface area contributed by atoms with Crippen molar-refractivity contribution in [3.63, 3.8) is 0 Å². The molecule has 1 saturated heterocycles. The predicted octanol–water partition coefficient (Wildman–Crippen LogP) is -0.242. The first kappa shape index (κ1) is 12.0. The van der Waals surface area contributed by atoms with Gasteiger partial charge in [-0.3, -0.25) is 9.59 Å². The van der Waals surface area contributed by atoms with E-state index in [1.54, 1.807) is 12.0 Å². The molecule has 1 unspecified atom stereocenters. The summed E-state index contributed by atoms with van der Waals surface area (Å²) in [5.41, 5.74) is 0. The number of ether oxygens (including phenoxy) is 1. The molecule has 0 aromatic heterocycles. The average Bonchev–Trinajstić information content (AvgIpc) is 2.73. The summed E-state index contributed by atoms with van der Waals surface area (Å²) >= 11 is 0. The zero-order valence-electron chi connectivity index (χ0n) is 9.23. The quantitative estimate of drug-likeness (QED) is 0.642. The van der Waals surface area contributed by atoms with Gasteiger partial charge in [0, 0.05) is 13.7 Å². The maximum Gasteiger partial charge on any atom is 0.242 e. The van der Waals surface area contributed by atoms with Crippen molar-refractivity contribution in [3.05, 3.63) is 0 Å². The number of nitrogens with one attached hydrogen (secondary N) is 1. The third-order valence-electron chi connectivity index (χ3n) is 2.87. The van der Waals surface area contributed by atoms with Crippen molar-refractivity contribution in [2.24, 2.45) is 0 Å². The molecule has 1 heterocycles. The van der Waals surface area contributed by atoms with Gasteiger partial charge in [-0.1, -0.05) is 0 Å². The van der Waals surface area contributed by atoms with Crippen LogP contribution in [0.2, 0.25) is 0 Å². The number of nitrogens with zero attached hydrogens (tertiary/aromatic N) is 1. The van der Waals surface area contributed by atoms with Gasteiger partial charge in [0.05, 0.1) is 18.7 Å². The number of amides is 2. The molecule has 0 saturated carbocycles. The van der Waals surface area contributed by atoms with Crippen molar-refractivity contribution in [1.29, 1.82) is 0 Å². The molecule has 1 rings (SSSR count). The minimum Gasteiger partial charge on any atom is -0.380 e. The van der Waals surface area contributed by atoms with Crippen molar-refractivity contribution >= 4 is 12.3 Å². The number of likely N-dealkylation sites (tertiary alicyclic amines) is 1. The van der Waals surface area contributed by atoms with E-state index in [0.717, 1.165) is 19.4 Å². The average molecular weight is 214 g/mol. The van der Waals surface area contributed by atoms with E-state index < -0.39 is 0 Å². The van der Waals surface area contributed by atoms with Crippen molar-refractivity contribution in [2.75, 3.05) is 20.2 Å². The molecular formula is C10H18N2O3. The normalized spacial score (nSPS) is 22.5. The highest BCUT2D eigenvalue weighted by molar-refractivity contribution is 5.80. The molecule has 5 nitrogen and oxygen atoms in total. The highest BCUT2D eigenvalue weighted by atomic mass is 16.5. The standard InChI is InChI=1S/C10H18N2O3/c1-8(15-2)9-4-3-5-12(9)10(14)6-11-7-13/h7-9H,3-6H2,1-2H3,(H,11,13)/t8-,9?/m0/s1. The van der Waals surface area contributed by atoms with Crippen molar-refractivity contribution < 1.29 is 14.3 Å². The monoisotopic (exact) mass is 214 g/mol. The molecule has 2 atom stereocenters. The topological polar surface area (TPSA) is 58.6 Å². The molecule has 86 valence electrons. The first-order chi connectivity index (χ1) is 7.20. The zero-order chi connectivity index (χ0) is 11.3. The Morgan fingerprint density at radius 2 is 2.47 bits per heavy atom. The summed E-state index contributed by atoms with van der Waals surface area (Å²) in [6.45, 7) is 2.80. The Bertz CT molecular complexity index is 233. The predicted molar refractivity (Wildman–Crippen MR) is 55.3 cm³/mol. The van der Waals surface area contributed by atoms with Crippen LogP contribution in [0.15, 0.2) is 0 Å². The highest BCUT2D eigenvalue weighted by Crippen LogP contribution is 2.21.